The molecule has 0 aliphatic carbocycles. The maximum atomic E-state index is 15.1. The van der Waals surface area contributed by atoms with Crippen LogP contribution in [-0.2, 0) is 16.0 Å². The average Bonchev–Trinajstić information content (AvgIpc) is 3.29. The average molecular weight is 395 g/mol. The van der Waals surface area contributed by atoms with E-state index >= 15 is 4.39 Å². The summed E-state index contributed by atoms with van der Waals surface area (Å²) in [5.41, 5.74) is 4.58. The third-order valence-corrected chi connectivity index (χ3v) is 5.48. The molecule has 3 aromatic rings. The Bertz CT molecular complexity index is 1120. The molecule has 2 aromatic heterocycles. The van der Waals surface area contributed by atoms with Crippen LogP contribution in [0.5, 0.6) is 0 Å². The van der Waals surface area contributed by atoms with E-state index in [4.69, 9.17) is 9.84 Å². The van der Waals surface area contributed by atoms with E-state index in [2.05, 4.69) is 15.2 Å². The van der Waals surface area contributed by atoms with Gasteiger partial charge >= 0.3 is 0 Å². The molecule has 2 aliphatic rings. The van der Waals surface area contributed by atoms with Crippen molar-refractivity contribution >= 4 is 23.1 Å². The summed E-state index contributed by atoms with van der Waals surface area (Å²) in [6, 6.07) is 5.76. The second-order valence-electron chi connectivity index (χ2n) is 7.78. The summed E-state index contributed by atoms with van der Waals surface area (Å²) in [4.78, 5) is 18.2. The van der Waals surface area contributed by atoms with Crippen molar-refractivity contribution in [2.24, 2.45) is 0 Å². The lowest BCUT2D eigenvalue weighted by atomic mass is 9.96. The van der Waals surface area contributed by atoms with E-state index in [1.807, 2.05) is 32.0 Å². The number of anilines is 2. The summed E-state index contributed by atoms with van der Waals surface area (Å²) < 4.78 is 22.1. The van der Waals surface area contributed by atoms with Crippen LogP contribution in [0.1, 0.15) is 31.0 Å². The first kappa shape index (κ1) is 18.1. The molecule has 1 aromatic carbocycles. The number of hydrogen-bond donors (Lipinski definition) is 1. The highest BCUT2D eigenvalue weighted by atomic mass is 19.1. The van der Waals surface area contributed by atoms with Crippen molar-refractivity contribution in [2.75, 3.05) is 36.5 Å². The van der Waals surface area contributed by atoms with Gasteiger partial charge in [0, 0.05) is 24.3 Å². The molecule has 5 rings (SSSR count). The molecule has 150 valence electrons. The summed E-state index contributed by atoms with van der Waals surface area (Å²) >= 11 is 0. The largest absolute Gasteiger partial charge is 0.378 e. The zero-order valence-electron chi connectivity index (χ0n) is 16.4. The van der Waals surface area contributed by atoms with E-state index in [1.54, 1.807) is 4.52 Å². The fourth-order valence-corrected chi connectivity index (χ4v) is 4.08. The molecule has 0 saturated carbocycles. The van der Waals surface area contributed by atoms with E-state index in [0.29, 0.717) is 44.2 Å². The Kier molecular flexibility index (Phi) is 4.24. The number of benzene rings is 1. The molecule has 1 N–H and O–H groups in total. The third kappa shape index (κ3) is 2.95. The number of ether oxygens (including phenoxy) is 1. The number of halogens is 1. The van der Waals surface area contributed by atoms with Gasteiger partial charge in [-0.15, -0.1) is 0 Å². The summed E-state index contributed by atoms with van der Waals surface area (Å²) in [7, 11) is 0. The lowest BCUT2D eigenvalue weighted by Gasteiger charge is -2.27. The van der Waals surface area contributed by atoms with Crippen LogP contribution in [0, 0.1) is 5.82 Å². The molecule has 0 bridgehead atoms. The fourth-order valence-electron chi connectivity index (χ4n) is 4.08. The second kappa shape index (κ2) is 6.81. The second-order valence-corrected chi connectivity index (χ2v) is 7.78. The lowest BCUT2D eigenvalue weighted by Crippen LogP contribution is -2.38. The highest BCUT2D eigenvalue weighted by molar-refractivity contribution is 6.00. The molecule has 1 fully saturated rings. The number of rotatable bonds is 3. The maximum absolute atomic E-state index is 15.1. The maximum Gasteiger partial charge on any atom is 0.228 e. The zero-order chi connectivity index (χ0) is 20.1. The van der Waals surface area contributed by atoms with Crippen molar-refractivity contribution in [1.82, 2.24) is 14.6 Å². The Labute approximate surface area is 167 Å². The topological polar surface area (TPSA) is 71.8 Å². The monoisotopic (exact) mass is 395 g/mol. The molecule has 0 radical (unpaired) electrons. The van der Waals surface area contributed by atoms with Crippen LogP contribution in [0.3, 0.4) is 0 Å². The number of carbonyl (C=O) groups excluding carboxylic acids is 1. The molecule has 1 amide bonds. The standard InChI is InChI=1S/C21H22FN5O2/c1-12(2)19-18(13-3-4-16-14(9-13)10-17(28)24-16)20-15(22)11-23-21(27(20)25-19)26-5-7-29-8-6-26/h3-4,9,11-12H,5-8,10H2,1-2H3,(H,24,28). The minimum absolute atomic E-state index is 0.0221. The van der Waals surface area contributed by atoms with E-state index in [9.17, 15) is 4.79 Å². The van der Waals surface area contributed by atoms with E-state index in [0.717, 1.165) is 28.1 Å². The summed E-state index contributed by atoms with van der Waals surface area (Å²) in [5.74, 6) is 0.280. The van der Waals surface area contributed by atoms with Gasteiger partial charge in [-0.3, -0.25) is 4.79 Å². The van der Waals surface area contributed by atoms with Gasteiger partial charge in [0.25, 0.3) is 0 Å². The van der Waals surface area contributed by atoms with Gasteiger partial charge in [0.15, 0.2) is 5.82 Å². The molecule has 1 saturated heterocycles. The molecule has 29 heavy (non-hydrogen) atoms. The molecule has 0 atom stereocenters. The molecule has 0 spiro atoms. The quantitative estimate of drug-likeness (QED) is 0.738. The number of morpholine rings is 1. The van der Waals surface area contributed by atoms with E-state index in [1.165, 1.54) is 6.20 Å². The number of fused-ring (bicyclic) bond motifs is 2. The van der Waals surface area contributed by atoms with Crippen molar-refractivity contribution in [1.29, 1.82) is 0 Å². The van der Waals surface area contributed by atoms with Crippen molar-refractivity contribution in [3.8, 4) is 11.1 Å². The molecule has 7 nitrogen and oxygen atoms in total. The van der Waals surface area contributed by atoms with Crippen LogP contribution < -0.4 is 10.2 Å². The van der Waals surface area contributed by atoms with Crippen LogP contribution in [-0.4, -0.2) is 46.8 Å². The Morgan fingerprint density at radius 1 is 1.24 bits per heavy atom. The molecule has 8 heteroatoms. The van der Waals surface area contributed by atoms with E-state index < -0.39 is 5.82 Å². The number of aromatic nitrogens is 3. The lowest BCUT2D eigenvalue weighted by molar-refractivity contribution is -0.115. The van der Waals surface area contributed by atoms with Crippen molar-refractivity contribution in [3.05, 3.63) is 41.5 Å². The van der Waals surface area contributed by atoms with Gasteiger partial charge in [-0.25, -0.2) is 9.37 Å². The summed E-state index contributed by atoms with van der Waals surface area (Å²) in [6.07, 6.45) is 1.61. The fraction of sp³-hybridized carbons (Fsp3) is 0.381. The van der Waals surface area contributed by atoms with Crippen LogP contribution >= 0.6 is 0 Å². The molecule has 4 heterocycles. The van der Waals surface area contributed by atoms with Gasteiger partial charge in [0.2, 0.25) is 11.9 Å². The SMILES string of the molecule is CC(C)c1nn2c(N3CCOCC3)ncc(F)c2c1-c1ccc2c(c1)CC(=O)N2. The normalized spacial score (nSPS) is 16.6. The molecule has 0 unspecified atom stereocenters. The predicted molar refractivity (Wildman–Crippen MR) is 108 cm³/mol. The van der Waals surface area contributed by atoms with Crippen molar-refractivity contribution in [2.45, 2.75) is 26.2 Å². The smallest absolute Gasteiger partial charge is 0.228 e. The van der Waals surface area contributed by atoms with Gasteiger partial charge in [-0.05, 0) is 29.2 Å². The number of hydrogen-bond acceptors (Lipinski definition) is 5. The zero-order valence-corrected chi connectivity index (χ0v) is 16.4. The van der Waals surface area contributed by atoms with Crippen molar-refractivity contribution < 1.29 is 13.9 Å². The Morgan fingerprint density at radius 3 is 2.79 bits per heavy atom. The van der Waals surface area contributed by atoms with E-state index in [-0.39, 0.29) is 11.8 Å². The first-order valence-corrected chi connectivity index (χ1v) is 9.86. The van der Waals surface area contributed by atoms with Crippen LogP contribution in [0.25, 0.3) is 16.6 Å². The van der Waals surface area contributed by atoms with Gasteiger partial charge < -0.3 is 15.0 Å². The van der Waals surface area contributed by atoms with Crippen LogP contribution in [0.2, 0.25) is 0 Å². The third-order valence-electron chi connectivity index (χ3n) is 5.48. The first-order chi connectivity index (χ1) is 14.0. The Hall–Kier alpha value is -3.00. The highest BCUT2D eigenvalue weighted by Gasteiger charge is 2.26. The minimum Gasteiger partial charge on any atom is -0.378 e. The van der Waals surface area contributed by atoms with Gasteiger partial charge in [-0.2, -0.15) is 9.61 Å². The number of carbonyl (C=O) groups is 1. The molecule has 2 aliphatic heterocycles. The molecular weight excluding hydrogens is 373 g/mol. The summed E-state index contributed by atoms with van der Waals surface area (Å²) in [6.45, 7) is 6.68. The van der Waals surface area contributed by atoms with Crippen LogP contribution in [0.4, 0.5) is 16.0 Å². The first-order valence-electron chi connectivity index (χ1n) is 9.86. The highest BCUT2D eigenvalue weighted by Crippen LogP contribution is 2.38. The minimum atomic E-state index is -0.411. The van der Waals surface area contributed by atoms with Gasteiger partial charge in [0.05, 0.1) is 31.5 Å². The number of amides is 1. The Balaban J connectivity index is 1.73. The van der Waals surface area contributed by atoms with Crippen molar-refractivity contribution in [3.63, 3.8) is 0 Å². The van der Waals surface area contributed by atoms with Crippen LogP contribution in [0.15, 0.2) is 24.4 Å². The van der Waals surface area contributed by atoms with Gasteiger partial charge in [0.1, 0.15) is 5.52 Å². The Morgan fingerprint density at radius 2 is 2.03 bits per heavy atom. The molecular formula is C21H22FN5O2. The number of nitrogens with one attached hydrogen (secondary N) is 1. The van der Waals surface area contributed by atoms with Gasteiger partial charge in [-0.1, -0.05) is 19.9 Å². The summed E-state index contributed by atoms with van der Waals surface area (Å²) in [5, 5.41) is 7.63. The number of nitrogens with zero attached hydrogens (tertiary/aromatic N) is 4. The predicted octanol–water partition coefficient (Wildman–Crippen LogP) is 2.99.